The molecule has 0 saturated carbocycles. The molecule has 0 unspecified atom stereocenters. The van der Waals surface area contributed by atoms with Gasteiger partial charge in [-0.15, -0.1) is 0 Å². The third kappa shape index (κ3) is 5.94. The average Bonchev–Trinajstić information content (AvgIpc) is 2.41. The fourth-order valence-electron chi connectivity index (χ4n) is 1.89. The molecule has 0 spiro atoms. The molecular formula is C13H19BrN2O6S. The number of carboxylic acid groups (broad SMARTS) is 1. The Morgan fingerprint density at radius 2 is 2.04 bits per heavy atom. The lowest BCUT2D eigenvalue weighted by Crippen LogP contribution is -2.72. The number of alkyl halides is 1. The van der Waals surface area contributed by atoms with Gasteiger partial charge in [0.15, 0.2) is 11.7 Å². The molecule has 1 rings (SSSR count). The molecule has 1 fully saturated rings. The van der Waals surface area contributed by atoms with E-state index in [1.54, 1.807) is 20.8 Å². The highest BCUT2D eigenvalue weighted by Gasteiger charge is 2.48. The van der Waals surface area contributed by atoms with E-state index >= 15 is 0 Å². The molecule has 23 heavy (non-hydrogen) atoms. The standard InChI is InChI=1S/C13H19BrN2O6S/c1-13(2,3)22-12(20)15-10-7(4-14)16(11(10)19)5-9(23)21-6-8(17)18/h7,10H,4-6H2,1-3H3,(H,15,20)(H,17,18)/t7-,10+/m0/s1. The normalized spacial score (nSPS) is 20.5. The summed E-state index contributed by atoms with van der Waals surface area (Å²) in [5.41, 5.74) is -0.660. The van der Waals surface area contributed by atoms with Crippen molar-refractivity contribution in [3.63, 3.8) is 0 Å². The van der Waals surface area contributed by atoms with Gasteiger partial charge in [0.1, 0.15) is 11.6 Å². The number of rotatable bonds is 6. The molecule has 130 valence electrons. The number of hydrogen-bond donors (Lipinski definition) is 2. The Kier molecular flexibility index (Phi) is 6.75. The number of carbonyl (C=O) groups excluding carboxylic acids is 2. The van der Waals surface area contributed by atoms with Crippen molar-refractivity contribution in [2.75, 3.05) is 18.5 Å². The van der Waals surface area contributed by atoms with Crippen LogP contribution >= 0.6 is 28.1 Å². The maximum atomic E-state index is 12.1. The van der Waals surface area contributed by atoms with E-state index in [9.17, 15) is 14.4 Å². The molecule has 8 nitrogen and oxygen atoms in total. The summed E-state index contributed by atoms with van der Waals surface area (Å²) in [6.07, 6.45) is -0.675. The maximum Gasteiger partial charge on any atom is 0.408 e. The average molecular weight is 411 g/mol. The minimum atomic E-state index is -1.15. The van der Waals surface area contributed by atoms with Crippen LogP contribution in [0.1, 0.15) is 20.8 Å². The highest BCUT2D eigenvalue weighted by atomic mass is 79.9. The molecule has 10 heteroatoms. The van der Waals surface area contributed by atoms with Crippen molar-refractivity contribution in [1.29, 1.82) is 0 Å². The van der Waals surface area contributed by atoms with Crippen LogP contribution in [0.25, 0.3) is 0 Å². The number of aliphatic carboxylic acids is 1. The zero-order valence-electron chi connectivity index (χ0n) is 13.0. The number of carbonyl (C=O) groups is 3. The largest absolute Gasteiger partial charge is 0.479 e. The lowest BCUT2D eigenvalue weighted by molar-refractivity contribution is -0.148. The number of halogens is 1. The lowest BCUT2D eigenvalue weighted by atomic mass is 9.97. The van der Waals surface area contributed by atoms with Gasteiger partial charge in [-0.3, -0.25) is 4.79 Å². The monoisotopic (exact) mass is 410 g/mol. The summed E-state index contributed by atoms with van der Waals surface area (Å²) in [6.45, 7) is 4.61. The molecule has 0 bridgehead atoms. The molecule has 1 heterocycles. The smallest absolute Gasteiger partial charge is 0.408 e. The Morgan fingerprint density at radius 3 is 2.52 bits per heavy atom. The van der Waals surface area contributed by atoms with Crippen LogP contribution in [0.15, 0.2) is 0 Å². The number of alkyl carbamates (subject to hydrolysis) is 1. The molecule has 2 N–H and O–H groups in total. The van der Waals surface area contributed by atoms with Crippen LogP contribution in [0.2, 0.25) is 0 Å². The fourth-order valence-corrected chi connectivity index (χ4v) is 2.81. The summed E-state index contributed by atoms with van der Waals surface area (Å²) in [6, 6.07) is -1.03. The van der Waals surface area contributed by atoms with Gasteiger partial charge in [0.05, 0.1) is 12.6 Å². The summed E-state index contributed by atoms with van der Waals surface area (Å²) in [5.74, 6) is -1.48. The van der Waals surface area contributed by atoms with Crippen LogP contribution in [0.4, 0.5) is 4.79 Å². The highest BCUT2D eigenvalue weighted by Crippen LogP contribution is 2.22. The van der Waals surface area contributed by atoms with Gasteiger partial charge in [0.25, 0.3) is 0 Å². The zero-order chi connectivity index (χ0) is 17.8. The first-order chi connectivity index (χ1) is 10.5. The summed E-state index contributed by atoms with van der Waals surface area (Å²) >= 11 is 8.17. The predicted molar refractivity (Wildman–Crippen MR) is 88.6 cm³/mol. The molecule has 1 saturated heterocycles. The molecule has 1 aliphatic rings. The van der Waals surface area contributed by atoms with Gasteiger partial charge in [0.2, 0.25) is 5.91 Å². The predicted octanol–water partition coefficient (Wildman–Crippen LogP) is 0.914. The number of hydrogen-bond acceptors (Lipinski definition) is 6. The van der Waals surface area contributed by atoms with E-state index in [2.05, 4.69) is 21.2 Å². The molecule has 0 aromatic heterocycles. The van der Waals surface area contributed by atoms with Crippen molar-refractivity contribution in [2.45, 2.75) is 38.5 Å². The van der Waals surface area contributed by atoms with Gasteiger partial charge >= 0.3 is 12.1 Å². The van der Waals surface area contributed by atoms with Gasteiger partial charge in [-0.05, 0) is 33.0 Å². The number of nitrogens with zero attached hydrogens (tertiary/aromatic N) is 1. The quantitative estimate of drug-likeness (QED) is 0.380. The SMILES string of the molecule is CC(C)(C)OC(=O)N[C@H]1C(=O)N(CC(=S)OCC(=O)O)[C@H]1CBr. The minimum absolute atomic E-state index is 0.00224. The van der Waals surface area contributed by atoms with Crippen LogP contribution in [0.5, 0.6) is 0 Å². The van der Waals surface area contributed by atoms with Gasteiger partial charge in [-0.25, -0.2) is 9.59 Å². The molecule has 1 aliphatic heterocycles. The topological polar surface area (TPSA) is 105 Å². The molecule has 0 aromatic rings. The van der Waals surface area contributed by atoms with Crippen molar-refractivity contribution >= 4 is 51.2 Å². The fraction of sp³-hybridized carbons (Fsp3) is 0.692. The van der Waals surface area contributed by atoms with E-state index in [0.29, 0.717) is 5.33 Å². The van der Waals surface area contributed by atoms with E-state index < -0.39 is 30.3 Å². The third-order valence-electron chi connectivity index (χ3n) is 2.82. The van der Waals surface area contributed by atoms with Crippen molar-refractivity contribution in [2.24, 2.45) is 0 Å². The number of nitrogens with one attached hydrogen (secondary N) is 1. The Hall–Kier alpha value is -1.42. The lowest BCUT2D eigenvalue weighted by Gasteiger charge is -2.46. The molecule has 2 atom stereocenters. The van der Waals surface area contributed by atoms with E-state index in [1.807, 2.05) is 0 Å². The first-order valence-corrected chi connectivity index (χ1v) is 8.31. The summed E-state index contributed by atoms with van der Waals surface area (Å²) in [7, 11) is 0. The number of thiocarbonyl (C=S) groups is 1. The Morgan fingerprint density at radius 1 is 1.43 bits per heavy atom. The van der Waals surface area contributed by atoms with E-state index in [4.69, 9.17) is 26.8 Å². The number of ether oxygens (including phenoxy) is 2. The number of β-lactam (4-membered cyclic amide) rings is 1. The third-order valence-corrected chi connectivity index (χ3v) is 3.73. The van der Waals surface area contributed by atoms with Crippen molar-refractivity contribution < 1.29 is 29.0 Å². The molecule has 0 radical (unpaired) electrons. The summed E-state index contributed by atoms with van der Waals surface area (Å²) < 4.78 is 9.96. The van der Waals surface area contributed by atoms with E-state index in [1.165, 1.54) is 4.90 Å². The zero-order valence-corrected chi connectivity index (χ0v) is 15.4. The second-order valence-electron chi connectivity index (χ2n) is 5.87. The Balaban J connectivity index is 2.54. The number of likely N-dealkylation sites (tertiary alicyclic amines) is 1. The van der Waals surface area contributed by atoms with Gasteiger partial charge < -0.3 is 24.8 Å². The van der Waals surface area contributed by atoms with E-state index in [0.717, 1.165) is 0 Å². The summed E-state index contributed by atoms with van der Waals surface area (Å²) in [5, 5.41) is 11.5. The van der Waals surface area contributed by atoms with Crippen LogP contribution in [-0.4, -0.2) is 69.2 Å². The van der Waals surface area contributed by atoms with E-state index in [-0.39, 0.29) is 23.5 Å². The van der Waals surface area contributed by atoms with Crippen LogP contribution in [0.3, 0.4) is 0 Å². The summed E-state index contributed by atoms with van der Waals surface area (Å²) in [4.78, 5) is 35.7. The molecule has 0 aliphatic carbocycles. The van der Waals surface area contributed by atoms with Crippen molar-refractivity contribution in [1.82, 2.24) is 10.2 Å². The molecule has 2 amide bonds. The Bertz CT molecular complexity index is 507. The van der Waals surface area contributed by atoms with Gasteiger partial charge in [-0.1, -0.05) is 15.9 Å². The van der Waals surface area contributed by atoms with Gasteiger partial charge in [-0.2, -0.15) is 0 Å². The number of carboxylic acids is 1. The second kappa shape index (κ2) is 7.91. The number of amides is 2. The first kappa shape index (κ1) is 19.6. The second-order valence-corrected chi connectivity index (χ2v) is 6.97. The minimum Gasteiger partial charge on any atom is -0.479 e. The first-order valence-electron chi connectivity index (χ1n) is 6.78. The van der Waals surface area contributed by atoms with Crippen LogP contribution in [-0.2, 0) is 19.1 Å². The van der Waals surface area contributed by atoms with Crippen LogP contribution < -0.4 is 5.32 Å². The van der Waals surface area contributed by atoms with Crippen molar-refractivity contribution in [3.05, 3.63) is 0 Å². The highest BCUT2D eigenvalue weighted by molar-refractivity contribution is 9.09. The van der Waals surface area contributed by atoms with Gasteiger partial charge in [0, 0.05) is 5.33 Å². The maximum absolute atomic E-state index is 12.1. The Labute approximate surface area is 147 Å². The van der Waals surface area contributed by atoms with Crippen molar-refractivity contribution in [3.8, 4) is 0 Å². The molecule has 0 aromatic carbocycles. The van der Waals surface area contributed by atoms with Crippen LogP contribution in [0, 0.1) is 0 Å². The molecular weight excluding hydrogens is 392 g/mol.